The van der Waals surface area contributed by atoms with Gasteiger partial charge >= 0.3 is 0 Å². The van der Waals surface area contributed by atoms with Gasteiger partial charge in [0.1, 0.15) is 0 Å². The van der Waals surface area contributed by atoms with Crippen LogP contribution >= 0.6 is 0 Å². The van der Waals surface area contributed by atoms with E-state index >= 15 is 0 Å². The molecule has 6 heteroatoms. The first-order valence-corrected chi connectivity index (χ1v) is 17.5. The first kappa shape index (κ1) is 37.9. The van der Waals surface area contributed by atoms with Gasteiger partial charge in [0.15, 0.2) is 11.5 Å². The number of carbonyl (C=O) groups is 1. The molecule has 1 N–H and O–H groups in total. The zero-order chi connectivity index (χ0) is 34.2. The van der Waals surface area contributed by atoms with Crippen molar-refractivity contribution in [2.45, 2.75) is 98.8 Å². The van der Waals surface area contributed by atoms with Crippen molar-refractivity contribution in [2.75, 3.05) is 0 Å². The molecule has 4 aromatic rings. The van der Waals surface area contributed by atoms with Crippen LogP contribution in [-0.2, 0) is 24.9 Å². The van der Waals surface area contributed by atoms with Gasteiger partial charge in [-0.1, -0.05) is 93.8 Å². The molecule has 0 amide bonds. The van der Waals surface area contributed by atoms with Crippen molar-refractivity contribution in [3.63, 3.8) is 0 Å². The number of hydrogen-bond donors (Lipinski definition) is 1. The zero-order valence-electron chi connectivity index (χ0n) is 29.5. The molecular weight excluding hydrogens is 783 g/mol. The van der Waals surface area contributed by atoms with Gasteiger partial charge in [-0.15, -0.1) is 34.9 Å². The fourth-order valence-corrected chi connectivity index (χ4v) is 7.17. The molecule has 0 aliphatic heterocycles. The van der Waals surface area contributed by atoms with E-state index in [4.69, 9.17) is 16.5 Å². The zero-order valence-corrected chi connectivity index (χ0v) is 31.9. The summed E-state index contributed by atoms with van der Waals surface area (Å²) in [6.07, 6.45) is 14.8. The molecule has 1 aromatic heterocycles. The van der Waals surface area contributed by atoms with Crippen molar-refractivity contribution >= 4 is 11.5 Å². The molecule has 2 aliphatic carbocycles. The van der Waals surface area contributed by atoms with E-state index in [2.05, 4.69) is 62.0 Å². The van der Waals surface area contributed by atoms with Crippen LogP contribution in [0.15, 0.2) is 66.6 Å². The molecule has 0 spiro atoms. The van der Waals surface area contributed by atoms with Crippen LogP contribution in [-0.4, -0.2) is 20.9 Å². The molecule has 1 heterocycles. The average molecular weight is 831 g/mol. The second kappa shape index (κ2) is 17.7. The normalized spacial score (nSPS) is 15.4. The third kappa shape index (κ3) is 10.1. The minimum Gasteiger partial charge on any atom is -0.512 e. The first-order chi connectivity index (χ1) is 23.1. The predicted octanol–water partition coefficient (Wildman–Crippen LogP) is 11.5. The number of aliphatic hydroxyl groups excluding tert-OH is 1. The first-order valence-electron chi connectivity index (χ1n) is 17.5. The molecule has 2 fully saturated rings. The van der Waals surface area contributed by atoms with Crippen molar-refractivity contribution in [1.82, 2.24) is 9.97 Å². The molecule has 5 nitrogen and oxygen atoms in total. The Balaban J connectivity index is 0.000000255. The van der Waals surface area contributed by atoms with Crippen molar-refractivity contribution in [3.8, 4) is 33.8 Å². The molecule has 0 saturated heterocycles. The second-order valence-electron chi connectivity index (χ2n) is 13.8. The summed E-state index contributed by atoms with van der Waals surface area (Å²) in [7, 11) is 0. The van der Waals surface area contributed by atoms with E-state index < -0.39 is 0 Å². The van der Waals surface area contributed by atoms with Crippen LogP contribution < -0.4 is 0 Å². The van der Waals surface area contributed by atoms with Gasteiger partial charge in [-0.2, -0.15) is 0 Å². The Kier molecular flexibility index (Phi) is 13.7. The smallest absolute Gasteiger partial charge is 0.187 e. The van der Waals surface area contributed by atoms with Gasteiger partial charge in [-0.3, -0.25) is 9.78 Å². The van der Waals surface area contributed by atoms with Gasteiger partial charge in [0.25, 0.3) is 0 Å². The van der Waals surface area contributed by atoms with Crippen LogP contribution in [0.1, 0.15) is 92.0 Å². The van der Waals surface area contributed by atoms with Crippen molar-refractivity contribution in [2.24, 2.45) is 11.8 Å². The Morgan fingerprint density at radius 3 is 2.04 bits per heavy atom. The Labute approximate surface area is 306 Å². The number of aliphatic hydroxyl groups is 1. The molecule has 257 valence electrons. The molecule has 1 radical (unpaired) electrons. The van der Waals surface area contributed by atoms with Gasteiger partial charge < -0.3 is 10.1 Å². The monoisotopic (exact) mass is 831 g/mol. The van der Waals surface area contributed by atoms with Gasteiger partial charge in [0.2, 0.25) is 0 Å². The molecule has 0 bridgehead atoms. The van der Waals surface area contributed by atoms with Gasteiger partial charge in [0, 0.05) is 49.9 Å². The summed E-state index contributed by atoms with van der Waals surface area (Å²) in [5.74, 6) is 0.985. The maximum Gasteiger partial charge on any atom is 0.187 e. The SMILES string of the molecule is O=C(/C=C(\O)C1CCCCC1)C1CCCCC1.[C-]#[N+]c1ccc(C)c(-c2cnc(-c3[c-]c(C)cc(C)c3)c(-c3cc(C)cc(C)c3)n2)c1.[Ir]. The number of hydrogen-bond acceptors (Lipinski definition) is 4. The Bertz CT molecular complexity index is 1800. The Morgan fingerprint density at radius 1 is 0.816 bits per heavy atom. The number of benzene rings is 3. The fourth-order valence-electron chi connectivity index (χ4n) is 7.17. The van der Waals surface area contributed by atoms with E-state index in [9.17, 15) is 9.90 Å². The quantitative estimate of drug-likeness (QED) is 0.119. The van der Waals surface area contributed by atoms with E-state index in [1.54, 1.807) is 6.08 Å². The van der Waals surface area contributed by atoms with E-state index in [0.29, 0.717) is 11.4 Å². The van der Waals surface area contributed by atoms with Crippen LogP contribution in [0.4, 0.5) is 5.69 Å². The molecule has 2 saturated carbocycles. The Morgan fingerprint density at radius 2 is 1.43 bits per heavy atom. The van der Waals surface area contributed by atoms with Gasteiger partial charge in [-0.25, -0.2) is 4.85 Å². The molecule has 6 rings (SSSR count). The third-order valence-corrected chi connectivity index (χ3v) is 9.62. The summed E-state index contributed by atoms with van der Waals surface area (Å²) in [4.78, 5) is 25.5. The Hall–Kier alpha value is -3.91. The average Bonchev–Trinajstić information content (AvgIpc) is 3.08. The minimum absolute atomic E-state index is 0. The van der Waals surface area contributed by atoms with Gasteiger partial charge in [-0.05, 0) is 69.2 Å². The maximum atomic E-state index is 12.0. The van der Waals surface area contributed by atoms with Crippen molar-refractivity contribution < 1.29 is 30.0 Å². The van der Waals surface area contributed by atoms with Crippen LogP contribution in [0.2, 0.25) is 0 Å². The topological polar surface area (TPSA) is 67.4 Å². The van der Waals surface area contributed by atoms with E-state index in [1.165, 1.54) is 55.2 Å². The number of aryl methyl sites for hydroxylation is 5. The molecule has 0 unspecified atom stereocenters. The third-order valence-electron chi connectivity index (χ3n) is 9.62. The summed E-state index contributed by atoms with van der Waals surface area (Å²) in [6.45, 7) is 17.7. The van der Waals surface area contributed by atoms with Crippen LogP contribution in [0.25, 0.3) is 38.6 Å². The maximum absolute atomic E-state index is 12.0. The molecular formula is C43H48IrN3O2-. The fraction of sp³-hybridized carbons (Fsp3) is 0.395. The van der Waals surface area contributed by atoms with Crippen molar-refractivity contribution in [3.05, 3.63) is 112 Å². The second-order valence-corrected chi connectivity index (χ2v) is 13.8. The molecule has 2 aliphatic rings. The van der Waals surface area contributed by atoms with Gasteiger partial charge in [0.05, 0.1) is 23.7 Å². The predicted molar refractivity (Wildman–Crippen MR) is 196 cm³/mol. The number of aromatic nitrogens is 2. The molecule has 49 heavy (non-hydrogen) atoms. The minimum atomic E-state index is 0. The van der Waals surface area contributed by atoms with E-state index in [1.807, 2.05) is 38.2 Å². The number of ketones is 1. The van der Waals surface area contributed by atoms with E-state index in [0.717, 1.165) is 70.6 Å². The standard InChI is InChI=1S/C28H24N3.C15H24O2.Ir/c1-17-9-18(2)12-22(11-17)27-28(23-13-19(3)10-20(4)14-23)31-26(16-30-27)25-15-24(29-6)8-7-21(25)5;16-14(12-7-3-1-4-8-12)11-15(17)13-9-5-2-6-10-13;/h7-11,13-16H,1-5H3;11-13,16H,1-10H2;/q-1;;/b;14-11-;. The number of allylic oxidation sites excluding steroid dienone is 2. The molecule has 0 atom stereocenters. The van der Waals surface area contributed by atoms with Crippen LogP contribution in [0.3, 0.4) is 0 Å². The molecule has 3 aromatic carbocycles. The summed E-state index contributed by atoms with van der Waals surface area (Å²) in [5, 5.41) is 10.0. The van der Waals surface area contributed by atoms with Crippen LogP contribution in [0, 0.1) is 59.1 Å². The number of nitrogens with zero attached hydrogens (tertiary/aromatic N) is 3. The summed E-state index contributed by atoms with van der Waals surface area (Å²) in [6, 6.07) is 19.8. The number of rotatable bonds is 6. The van der Waals surface area contributed by atoms with Crippen molar-refractivity contribution in [1.29, 1.82) is 0 Å². The number of carbonyl (C=O) groups excluding carboxylic acids is 1. The summed E-state index contributed by atoms with van der Waals surface area (Å²) in [5.41, 5.74) is 11.6. The van der Waals surface area contributed by atoms with Crippen LogP contribution in [0.5, 0.6) is 0 Å². The summed E-state index contributed by atoms with van der Waals surface area (Å²) >= 11 is 0. The summed E-state index contributed by atoms with van der Waals surface area (Å²) < 4.78 is 0. The van der Waals surface area contributed by atoms with E-state index in [-0.39, 0.29) is 37.7 Å². The largest absolute Gasteiger partial charge is 0.512 e.